The normalized spacial score (nSPS) is 11.2. The molecular formula is C14H11F2N3. The molecule has 0 radical (unpaired) electrons. The van der Waals surface area contributed by atoms with Gasteiger partial charge in [-0.05, 0) is 32.0 Å². The maximum Gasteiger partial charge on any atom is 0.158 e. The molecule has 0 bridgehead atoms. The van der Waals surface area contributed by atoms with Crippen LogP contribution in [0.4, 0.5) is 8.78 Å². The van der Waals surface area contributed by atoms with Gasteiger partial charge in [0.25, 0.3) is 0 Å². The smallest absolute Gasteiger partial charge is 0.158 e. The van der Waals surface area contributed by atoms with Crippen LogP contribution in [0, 0.1) is 25.5 Å². The monoisotopic (exact) mass is 259 g/mol. The first-order chi connectivity index (χ1) is 9.06. The van der Waals surface area contributed by atoms with Gasteiger partial charge in [-0.3, -0.25) is 0 Å². The van der Waals surface area contributed by atoms with Gasteiger partial charge in [0.05, 0.1) is 0 Å². The van der Waals surface area contributed by atoms with Crippen LogP contribution < -0.4 is 0 Å². The quantitative estimate of drug-likeness (QED) is 0.671. The minimum absolute atomic E-state index is 0.280. The molecule has 0 aliphatic carbocycles. The zero-order chi connectivity index (χ0) is 13.6. The summed E-state index contributed by atoms with van der Waals surface area (Å²) in [4.78, 5) is 4.37. The fourth-order valence-electron chi connectivity index (χ4n) is 2.07. The predicted molar refractivity (Wildman–Crippen MR) is 67.8 cm³/mol. The average Bonchev–Trinajstić information content (AvgIpc) is 2.67. The Morgan fingerprint density at radius 3 is 2.63 bits per heavy atom. The molecule has 2 heterocycles. The van der Waals surface area contributed by atoms with Crippen LogP contribution >= 0.6 is 0 Å². The zero-order valence-corrected chi connectivity index (χ0v) is 10.5. The number of aromatic nitrogens is 3. The van der Waals surface area contributed by atoms with Crippen LogP contribution in [0.1, 0.15) is 11.3 Å². The lowest BCUT2D eigenvalue weighted by Crippen LogP contribution is -1.91. The van der Waals surface area contributed by atoms with E-state index in [1.165, 1.54) is 12.1 Å². The fourth-order valence-corrected chi connectivity index (χ4v) is 2.07. The van der Waals surface area contributed by atoms with E-state index in [0.29, 0.717) is 11.3 Å². The van der Waals surface area contributed by atoms with Gasteiger partial charge in [-0.1, -0.05) is 0 Å². The topological polar surface area (TPSA) is 30.2 Å². The third-order valence-corrected chi connectivity index (χ3v) is 3.04. The van der Waals surface area contributed by atoms with Crippen molar-refractivity contribution < 1.29 is 8.78 Å². The first kappa shape index (κ1) is 11.8. The summed E-state index contributed by atoms with van der Waals surface area (Å²) >= 11 is 0. The van der Waals surface area contributed by atoms with Gasteiger partial charge in [-0.25, -0.2) is 18.3 Å². The van der Waals surface area contributed by atoms with Crippen molar-refractivity contribution in [1.82, 2.24) is 14.6 Å². The fraction of sp³-hybridized carbons (Fsp3) is 0.143. The number of hydrogen-bond acceptors (Lipinski definition) is 2. The van der Waals surface area contributed by atoms with Crippen LogP contribution in [-0.2, 0) is 0 Å². The minimum atomic E-state index is -0.622. The molecule has 0 N–H and O–H groups in total. The Kier molecular flexibility index (Phi) is 2.55. The van der Waals surface area contributed by atoms with Gasteiger partial charge in [0.1, 0.15) is 17.3 Å². The molecule has 0 amide bonds. The van der Waals surface area contributed by atoms with Crippen molar-refractivity contribution in [3.8, 4) is 11.3 Å². The number of benzene rings is 1. The minimum Gasteiger partial charge on any atom is -0.234 e. The van der Waals surface area contributed by atoms with Crippen LogP contribution in [0.15, 0.2) is 30.5 Å². The van der Waals surface area contributed by atoms with Gasteiger partial charge in [0, 0.05) is 29.1 Å². The highest BCUT2D eigenvalue weighted by Gasteiger charge is 2.15. The maximum absolute atomic E-state index is 13.8. The highest BCUT2D eigenvalue weighted by molar-refractivity contribution is 5.70. The van der Waals surface area contributed by atoms with Gasteiger partial charge >= 0.3 is 0 Å². The Morgan fingerprint density at radius 1 is 1.11 bits per heavy atom. The molecule has 0 aliphatic rings. The summed E-state index contributed by atoms with van der Waals surface area (Å²) in [5.41, 5.74) is 3.08. The molecule has 0 unspecified atom stereocenters. The largest absolute Gasteiger partial charge is 0.234 e. The van der Waals surface area contributed by atoms with Crippen LogP contribution in [-0.4, -0.2) is 14.6 Å². The molecule has 0 fully saturated rings. The van der Waals surface area contributed by atoms with Crippen molar-refractivity contribution in [2.75, 3.05) is 0 Å². The lowest BCUT2D eigenvalue weighted by atomic mass is 10.1. The summed E-state index contributed by atoms with van der Waals surface area (Å²) in [6, 6.07) is 5.30. The van der Waals surface area contributed by atoms with Crippen LogP contribution in [0.2, 0.25) is 0 Å². The molecule has 19 heavy (non-hydrogen) atoms. The first-order valence-electron chi connectivity index (χ1n) is 5.84. The highest BCUT2D eigenvalue weighted by Crippen LogP contribution is 2.27. The van der Waals surface area contributed by atoms with Crippen molar-refractivity contribution in [2.24, 2.45) is 0 Å². The molecule has 1 aromatic carbocycles. The summed E-state index contributed by atoms with van der Waals surface area (Å²) < 4.78 is 28.4. The molecule has 0 aliphatic heterocycles. The standard InChI is InChI=1S/C14H11F2N3/c1-8-5-6-19-14(17-8)9(2)13(18-19)11-4-3-10(15)7-12(11)16/h3-7H,1-2H3. The van der Waals surface area contributed by atoms with Crippen molar-refractivity contribution in [3.63, 3.8) is 0 Å². The van der Waals surface area contributed by atoms with E-state index in [9.17, 15) is 8.78 Å². The van der Waals surface area contributed by atoms with Crippen LogP contribution in [0.3, 0.4) is 0 Å². The molecule has 5 heteroatoms. The Balaban J connectivity index is 2.28. The van der Waals surface area contributed by atoms with Gasteiger partial charge in [0.2, 0.25) is 0 Å². The summed E-state index contributed by atoms with van der Waals surface area (Å²) in [5, 5.41) is 4.31. The van der Waals surface area contributed by atoms with E-state index in [0.717, 1.165) is 17.3 Å². The van der Waals surface area contributed by atoms with Crippen molar-refractivity contribution in [1.29, 1.82) is 0 Å². The molecule has 0 saturated heterocycles. The van der Waals surface area contributed by atoms with E-state index in [1.54, 1.807) is 10.7 Å². The zero-order valence-electron chi connectivity index (χ0n) is 10.5. The Hall–Kier alpha value is -2.30. The van der Waals surface area contributed by atoms with Gasteiger partial charge in [-0.2, -0.15) is 5.10 Å². The summed E-state index contributed by atoms with van der Waals surface area (Å²) in [6.45, 7) is 3.71. The molecule has 0 saturated carbocycles. The number of rotatable bonds is 1. The van der Waals surface area contributed by atoms with Gasteiger partial charge < -0.3 is 0 Å². The average molecular weight is 259 g/mol. The first-order valence-corrected chi connectivity index (χ1v) is 5.84. The molecule has 0 spiro atoms. The molecule has 3 rings (SSSR count). The summed E-state index contributed by atoms with van der Waals surface area (Å²) in [7, 11) is 0. The lowest BCUT2D eigenvalue weighted by molar-refractivity contribution is 0.585. The van der Waals surface area contributed by atoms with Gasteiger partial charge in [0.15, 0.2) is 5.65 Å². The number of hydrogen-bond donors (Lipinski definition) is 0. The SMILES string of the molecule is Cc1ccn2nc(-c3ccc(F)cc3F)c(C)c2n1. The summed E-state index contributed by atoms with van der Waals surface area (Å²) in [5.74, 6) is -1.22. The number of aryl methyl sites for hydroxylation is 2. The third kappa shape index (κ3) is 1.87. The highest BCUT2D eigenvalue weighted by atomic mass is 19.1. The molecule has 3 nitrogen and oxygen atoms in total. The molecule has 2 aromatic heterocycles. The number of fused-ring (bicyclic) bond motifs is 1. The third-order valence-electron chi connectivity index (χ3n) is 3.04. The summed E-state index contributed by atoms with van der Waals surface area (Å²) in [6.07, 6.45) is 1.77. The Labute approximate surface area is 108 Å². The van der Waals surface area contributed by atoms with E-state index in [-0.39, 0.29) is 5.56 Å². The van der Waals surface area contributed by atoms with Crippen molar-refractivity contribution in [2.45, 2.75) is 13.8 Å². The van der Waals surface area contributed by atoms with Gasteiger partial charge in [-0.15, -0.1) is 0 Å². The lowest BCUT2D eigenvalue weighted by Gasteiger charge is -2.00. The second-order valence-electron chi connectivity index (χ2n) is 4.43. The molecule has 3 aromatic rings. The molecule has 0 atom stereocenters. The van der Waals surface area contributed by atoms with E-state index < -0.39 is 11.6 Å². The van der Waals surface area contributed by atoms with E-state index in [1.807, 2.05) is 19.9 Å². The van der Waals surface area contributed by atoms with E-state index in [2.05, 4.69) is 10.1 Å². The van der Waals surface area contributed by atoms with Crippen molar-refractivity contribution >= 4 is 5.65 Å². The van der Waals surface area contributed by atoms with E-state index >= 15 is 0 Å². The molecular weight excluding hydrogens is 248 g/mol. The van der Waals surface area contributed by atoms with Crippen molar-refractivity contribution in [3.05, 3.63) is 53.4 Å². The second kappa shape index (κ2) is 4.12. The maximum atomic E-state index is 13.8. The molecule has 96 valence electrons. The number of halogens is 2. The number of nitrogens with zero attached hydrogens (tertiary/aromatic N) is 3. The Bertz CT molecular complexity index is 778. The van der Waals surface area contributed by atoms with Crippen LogP contribution in [0.25, 0.3) is 16.9 Å². The predicted octanol–water partition coefficient (Wildman–Crippen LogP) is 3.29. The Morgan fingerprint density at radius 2 is 1.89 bits per heavy atom. The van der Waals surface area contributed by atoms with E-state index in [4.69, 9.17) is 0 Å². The second-order valence-corrected chi connectivity index (χ2v) is 4.43. The van der Waals surface area contributed by atoms with Crippen LogP contribution in [0.5, 0.6) is 0 Å².